The van der Waals surface area contributed by atoms with Gasteiger partial charge in [-0.1, -0.05) is 41.9 Å². The first-order valence-electron chi connectivity index (χ1n) is 6.17. The summed E-state index contributed by atoms with van der Waals surface area (Å²) in [5.41, 5.74) is -0.472. The third kappa shape index (κ3) is 3.49. The molecule has 0 atom stereocenters. The largest absolute Gasteiger partial charge is 0.478 e. The summed E-state index contributed by atoms with van der Waals surface area (Å²) in [6.07, 6.45) is -2.47. The monoisotopic (exact) mass is 326 g/mol. The van der Waals surface area contributed by atoms with E-state index in [-0.39, 0.29) is 16.1 Å². The Kier molecular flexibility index (Phi) is 4.56. The van der Waals surface area contributed by atoms with Crippen LogP contribution in [0.1, 0.15) is 11.1 Å². The molecule has 0 saturated heterocycles. The van der Waals surface area contributed by atoms with E-state index >= 15 is 0 Å². The summed E-state index contributed by atoms with van der Waals surface area (Å²) in [6.45, 7) is 0. The van der Waals surface area contributed by atoms with Crippen LogP contribution in [0.15, 0.2) is 48.5 Å². The van der Waals surface area contributed by atoms with Crippen molar-refractivity contribution in [2.75, 3.05) is 0 Å². The van der Waals surface area contributed by atoms with Crippen LogP contribution in [0.4, 0.5) is 13.2 Å². The first-order valence-corrected chi connectivity index (χ1v) is 6.54. The average Bonchev–Trinajstić information content (AvgIpc) is 2.44. The lowest BCUT2D eigenvalue weighted by molar-refractivity contribution is -0.137. The number of rotatable bonds is 3. The van der Waals surface area contributed by atoms with Gasteiger partial charge in [0.15, 0.2) is 0 Å². The standard InChI is InChI=1S/C16H10ClF3O2/c17-13-7-3-4-10(8-9-14(21)22)15(13)11-5-1-2-6-12(11)16(18,19)20/h1-9H,(H,21,22). The molecule has 0 amide bonds. The summed E-state index contributed by atoms with van der Waals surface area (Å²) in [7, 11) is 0. The molecule has 114 valence electrons. The van der Waals surface area contributed by atoms with Crippen LogP contribution < -0.4 is 0 Å². The predicted molar refractivity (Wildman–Crippen MR) is 78.6 cm³/mol. The Bertz CT molecular complexity index is 736. The van der Waals surface area contributed by atoms with Crippen LogP contribution in [0, 0.1) is 0 Å². The molecule has 2 aromatic rings. The van der Waals surface area contributed by atoms with Crippen LogP contribution in [-0.2, 0) is 11.0 Å². The Labute approximate surface area is 129 Å². The number of hydrogen-bond acceptors (Lipinski definition) is 1. The van der Waals surface area contributed by atoms with Gasteiger partial charge in [-0.3, -0.25) is 0 Å². The van der Waals surface area contributed by atoms with E-state index in [1.165, 1.54) is 36.4 Å². The SMILES string of the molecule is O=C(O)C=Cc1cccc(Cl)c1-c1ccccc1C(F)(F)F. The van der Waals surface area contributed by atoms with Crippen LogP contribution in [0.3, 0.4) is 0 Å². The fraction of sp³-hybridized carbons (Fsp3) is 0.0625. The van der Waals surface area contributed by atoms with Crippen LogP contribution in [0.5, 0.6) is 0 Å². The first-order chi connectivity index (χ1) is 10.3. The lowest BCUT2D eigenvalue weighted by Gasteiger charge is -2.15. The van der Waals surface area contributed by atoms with Crippen molar-refractivity contribution in [2.45, 2.75) is 6.18 Å². The summed E-state index contributed by atoms with van der Waals surface area (Å²) in [4.78, 5) is 10.6. The minimum atomic E-state index is -4.54. The molecule has 0 bridgehead atoms. The fourth-order valence-corrected chi connectivity index (χ4v) is 2.36. The molecule has 0 fully saturated rings. The van der Waals surface area contributed by atoms with Crippen molar-refractivity contribution >= 4 is 23.6 Å². The fourth-order valence-electron chi connectivity index (χ4n) is 2.07. The Morgan fingerprint density at radius 3 is 2.41 bits per heavy atom. The molecule has 6 heteroatoms. The molecule has 0 spiro atoms. The number of benzene rings is 2. The van der Waals surface area contributed by atoms with Crippen LogP contribution in [-0.4, -0.2) is 11.1 Å². The van der Waals surface area contributed by atoms with Gasteiger partial charge in [0, 0.05) is 16.7 Å². The first kappa shape index (κ1) is 16.1. The molecule has 0 heterocycles. The Balaban J connectivity index is 2.71. The highest BCUT2D eigenvalue weighted by atomic mass is 35.5. The number of carboxylic acids is 1. The van der Waals surface area contributed by atoms with Gasteiger partial charge < -0.3 is 5.11 Å². The van der Waals surface area contributed by atoms with Crippen molar-refractivity contribution in [1.29, 1.82) is 0 Å². The summed E-state index contributed by atoms with van der Waals surface area (Å²) >= 11 is 6.05. The van der Waals surface area contributed by atoms with E-state index in [1.807, 2.05) is 0 Å². The Morgan fingerprint density at radius 2 is 1.77 bits per heavy atom. The van der Waals surface area contributed by atoms with Gasteiger partial charge in [0.25, 0.3) is 0 Å². The summed E-state index contributed by atoms with van der Waals surface area (Å²) in [5, 5.41) is 8.80. The minimum Gasteiger partial charge on any atom is -0.478 e. The van der Waals surface area contributed by atoms with Gasteiger partial charge in [-0.2, -0.15) is 13.2 Å². The van der Waals surface area contributed by atoms with Crippen molar-refractivity contribution in [1.82, 2.24) is 0 Å². The minimum absolute atomic E-state index is 0.0920. The zero-order valence-electron chi connectivity index (χ0n) is 11.1. The van der Waals surface area contributed by atoms with Crippen molar-refractivity contribution in [3.05, 3.63) is 64.7 Å². The molecule has 0 unspecified atom stereocenters. The van der Waals surface area contributed by atoms with Gasteiger partial charge in [0.05, 0.1) is 5.56 Å². The number of carboxylic acid groups (broad SMARTS) is 1. The topological polar surface area (TPSA) is 37.3 Å². The molecule has 0 aromatic heterocycles. The van der Waals surface area contributed by atoms with E-state index < -0.39 is 17.7 Å². The van der Waals surface area contributed by atoms with Gasteiger partial charge in [-0.15, -0.1) is 0 Å². The highest BCUT2D eigenvalue weighted by molar-refractivity contribution is 6.33. The Hall–Kier alpha value is -2.27. The van der Waals surface area contributed by atoms with Crippen molar-refractivity contribution in [3.8, 4) is 11.1 Å². The molecule has 22 heavy (non-hydrogen) atoms. The molecule has 1 N–H and O–H groups in total. The molecule has 0 aliphatic rings. The molecular formula is C16H10ClF3O2. The van der Waals surface area contributed by atoms with Crippen molar-refractivity contribution < 1.29 is 23.1 Å². The summed E-state index contributed by atoms with van der Waals surface area (Å²) in [6, 6.07) is 9.54. The molecule has 0 aliphatic carbocycles. The number of aliphatic carboxylic acids is 1. The van der Waals surface area contributed by atoms with E-state index in [2.05, 4.69) is 0 Å². The maximum atomic E-state index is 13.2. The zero-order valence-corrected chi connectivity index (χ0v) is 11.8. The number of hydrogen-bond donors (Lipinski definition) is 1. The van der Waals surface area contributed by atoms with E-state index in [9.17, 15) is 18.0 Å². The number of alkyl halides is 3. The van der Waals surface area contributed by atoms with Gasteiger partial charge in [-0.05, 0) is 29.3 Å². The van der Waals surface area contributed by atoms with E-state index in [1.54, 1.807) is 6.07 Å². The second-order valence-electron chi connectivity index (χ2n) is 4.42. The second kappa shape index (κ2) is 6.23. The van der Waals surface area contributed by atoms with Gasteiger partial charge >= 0.3 is 12.1 Å². The molecule has 2 nitrogen and oxygen atoms in total. The third-order valence-electron chi connectivity index (χ3n) is 2.95. The van der Waals surface area contributed by atoms with E-state index in [0.717, 1.165) is 12.1 Å². The molecule has 2 aromatic carbocycles. The van der Waals surface area contributed by atoms with Crippen LogP contribution >= 0.6 is 11.6 Å². The van der Waals surface area contributed by atoms with Crippen LogP contribution in [0.25, 0.3) is 17.2 Å². The lowest BCUT2D eigenvalue weighted by atomic mass is 9.94. The smallest absolute Gasteiger partial charge is 0.417 e. The van der Waals surface area contributed by atoms with Crippen molar-refractivity contribution in [2.24, 2.45) is 0 Å². The average molecular weight is 327 g/mol. The van der Waals surface area contributed by atoms with Crippen molar-refractivity contribution in [3.63, 3.8) is 0 Å². The number of halogens is 4. The van der Waals surface area contributed by atoms with E-state index in [4.69, 9.17) is 16.7 Å². The summed E-state index contributed by atoms with van der Waals surface area (Å²) in [5.74, 6) is -1.20. The highest BCUT2D eigenvalue weighted by Crippen LogP contribution is 2.41. The quantitative estimate of drug-likeness (QED) is 0.794. The van der Waals surface area contributed by atoms with Gasteiger partial charge in [-0.25, -0.2) is 4.79 Å². The lowest BCUT2D eigenvalue weighted by Crippen LogP contribution is -2.07. The molecular weight excluding hydrogens is 317 g/mol. The molecule has 0 aliphatic heterocycles. The highest BCUT2D eigenvalue weighted by Gasteiger charge is 2.34. The normalized spacial score (nSPS) is 11.8. The maximum absolute atomic E-state index is 13.2. The molecule has 0 saturated carbocycles. The van der Waals surface area contributed by atoms with E-state index in [0.29, 0.717) is 5.56 Å². The zero-order chi connectivity index (χ0) is 16.3. The predicted octanol–water partition coefficient (Wildman–Crippen LogP) is 5.12. The van der Waals surface area contributed by atoms with Crippen LogP contribution in [0.2, 0.25) is 5.02 Å². The maximum Gasteiger partial charge on any atom is 0.417 e. The Morgan fingerprint density at radius 1 is 1.09 bits per heavy atom. The summed E-state index contributed by atoms with van der Waals surface area (Å²) < 4.78 is 39.5. The molecule has 0 radical (unpaired) electrons. The van der Waals surface area contributed by atoms with Gasteiger partial charge in [0.2, 0.25) is 0 Å². The number of carbonyl (C=O) groups is 1. The third-order valence-corrected chi connectivity index (χ3v) is 3.27. The van der Waals surface area contributed by atoms with Gasteiger partial charge in [0.1, 0.15) is 0 Å². The molecule has 2 rings (SSSR count). The second-order valence-corrected chi connectivity index (χ2v) is 4.83.